The number of methoxy groups -OCH3 is 1. The Morgan fingerprint density at radius 3 is 2.45 bits per heavy atom. The maximum absolute atomic E-state index is 6.44. The van der Waals surface area contributed by atoms with Crippen molar-refractivity contribution >= 4 is 0 Å². The molecular formula is C17H28N2O. The summed E-state index contributed by atoms with van der Waals surface area (Å²) in [5.74, 6) is 0.912. The zero-order valence-corrected chi connectivity index (χ0v) is 12.9. The summed E-state index contributed by atoms with van der Waals surface area (Å²) in [7, 11) is 1.72. The molecule has 0 aromatic heterocycles. The van der Waals surface area contributed by atoms with Crippen molar-refractivity contribution in [1.82, 2.24) is 4.90 Å². The fourth-order valence-electron chi connectivity index (χ4n) is 3.02. The van der Waals surface area contributed by atoms with Gasteiger partial charge in [-0.3, -0.25) is 0 Å². The largest absolute Gasteiger partial charge is 0.496 e. The van der Waals surface area contributed by atoms with E-state index in [-0.39, 0.29) is 6.04 Å². The zero-order valence-electron chi connectivity index (χ0n) is 12.9. The quantitative estimate of drug-likeness (QED) is 0.917. The first-order chi connectivity index (χ1) is 9.70. The third-order valence-corrected chi connectivity index (χ3v) is 4.19. The van der Waals surface area contributed by atoms with E-state index in [2.05, 4.69) is 24.0 Å². The Labute approximate surface area is 123 Å². The molecule has 2 rings (SSSR count). The number of hydrogen-bond acceptors (Lipinski definition) is 3. The average Bonchev–Trinajstić information content (AvgIpc) is 2.41. The maximum atomic E-state index is 6.44. The summed E-state index contributed by atoms with van der Waals surface area (Å²) >= 11 is 0. The summed E-state index contributed by atoms with van der Waals surface area (Å²) < 4.78 is 5.46. The van der Waals surface area contributed by atoms with E-state index >= 15 is 0 Å². The third kappa shape index (κ3) is 4.22. The topological polar surface area (TPSA) is 38.5 Å². The molecule has 3 nitrogen and oxygen atoms in total. The van der Waals surface area contributed by atoms with Gasteiger partial charge in [-0.05, 0) is 38.9 Å². The molecule has 0 amide bonds. The first-order valence-corrected chi connectivity index (χ1v) is 7.83. The number of nitrogens with zero attached hydrogens (tertiary/aromatic N) is 1. The molecule has 1 aromatic carbocycles. The van der Waals surface area contributed by atoms with Gasteiger partial charge >= 0.3 is 0 Å². The fraction of sp³-hybridized carbons (Fsp3) is 0.647. The molecule has 0 bridgehead atoms. The summed E-state index contributed by atoms with van der Waals surface area (Å²) in [5.41, 5.74) is 8.81. The molecule has 2 N–H and O–H groups in total. The molecule has 1 heterocycles. The van der Waals surface area contributed by atoms with Gasteiger partial charge in [0.15, 0.2) is 0 Å². The lowest BCUT2D eigenvalue weighted by atomic mass is 10.0. The summed E-state index contributed by atoms with van der Waals surface area (Å²) in [6, 6.07) is 6.29. The second kappa shape index (κ2) is 7.65. The van der Waals surface area contributed by atoms with Crippen molar-refractivity contribution in [1.29, 1.82) is 0 Å². The van der Waals surface area contributed by atoms with Gasteiger partial charge in [0.05, 0.1) is 7.11 Å². The van der Waals surface area contributed by atoms with E-state index in [1.807, 2.05) is 6.07 Å². The Hall–Kier alpha value is -1.06. The van der Waals surface area contributed by atoms with Crippen molar-refractivity contribution in [2.24, 2.45) is 5.73 Å². The molecule has 0 saturated carbocycles. The number of nitrogens with two attached hydrogens (primary N) is 1. The number of ether oxygens (including phenoxy) is 1. The molecule has 1 atom stereocenters. The van der Waals surface area contributed by atoms with E-state index in [1.54, 1.807) is 7.11 Å². The van der Waals surface area contributed by atoms with Crippen LogP contribution in [0.4, 0.5) is 0 Å². The fourth-order valence-corrected chi connectivity index (χ4v) is 3.02. The molecular weight excluding hydrogens is 248 g/mol. The molecule has 1 saturated heterocycles. The Bertz CT molecular complexity index is 411. The molecule has 1 aliphatic heterocycles. The molecule has 1 unspecified atom stereocenters. The highest BCUT2D eigenvalue weighted by Crippen LogP contribution is 2.26. The minimum atomic E-state index is 0.0317. The molecule has 0 spiro atoms. The number of rotatable bonds is 4. The summed E-state index contributed by atoms with van der Waals surface area (Å²) in [4.78, 5) is 2.52. The predicted octanol–water partition coefficient (Wildman–Crippen LogP) is 3.27. The summed E-state index contributed by atoms with van der Waals surface area (Å²) in [6.07, 6.45) is 6.72. The van der Waals surface area contributed by atoms with Crippen LogP contribution in [0.15, 0.2) is 18.2 Å². The van der Waals surface area contributed by atoms with Gasteiger partial charge in [-0.1, -0.05) is 37.0 Å². The lowest BCUT2D eigenvalue weighted by molar-refractivity contribution is 0.233. The number of aryl methyl sites for hydroxylation is 1. The molecule has 1 aliphatic rings. The van der Waals surface area contributed by atoms with E-state index in [4.69, 9.17) is 10.5 Å². The highest BCUT2D eigenvalue weighted by Gasteiger charge is 2.16. The molecule has 1 fully saturated rings. The monoisotopic (exact) mass is 276 g/mol. The maximum Gasteiger partial charge on any atom is 0.123 e. The van der Waals surface area contributed by atoms with E-state index < -0.39 is 0 Å². The van der Waals surface area contributed by atoms with Crippen LogP contribution in [-0.2, 0) is 0 Å². The molecule has 0 aliphatic carbocycles. The van der Waals surface area contributed by atoms with Gasteiger partial charge in [-0.25, -0.2) is 0 Å². The van der Waals surface area contributed by atoms with Crippen molar-refractivity contribution in [3.63, 3.8) is 0 Å². The SMILES string of the molecule is COc1ccc(C)cc1C(N)CN1CCCCCCC1. The first kappa shape index (κ1) is 15.3. The first-order valence-electron chi connectivity index (χ1n) is 7.83. The van der Waals surface area contributed by atoms with Crippen LogP contribution in [0.1, 0.15) is 49.3 Å². The molecule has 112 valence electrons. The minimum Gasteiger partial charge on any atom is -0.496 e. The minimum absolute atomic E-state index is 0.0317. The van der Waals surface area contributed by atoms with Gasteiger partial charge in [0.2, 0.25) is 0 Å². The van der Waals surface area contributed by atoms with Gasteiger partial charge in [-0.2, -0.15) is 0 Å². The number of hydrogen-bond donors (Lipinski definition) is 1. The van der Waals surface area contributed by atoms with Crippen LogP contribution in [0.25, 0.3) is 0 Å². The molecule has 20 heavy (non-hydrogen) atoms. The lowest BCUT2D eigenvalue weighted by Gasteiger charge is -2.28. The van der Waals surface area contributed by atoms with Crippen molar-refractivity contribution in [2.75, 3.05) is 26.7 Å². The number of likely N-dealkylation sites (tertiary alicyclic amines) is 1. The van der Waals surface area contributed by atoms with Crippen molar-refractivity contribution in [2.45, 2.75) is 45.1 Å². The van der Waals surface area contributed by atoms with Crippen LogP contribution < -0.4 is 10.5 Å². The Kier molecular flexibility index (Phi) is 5.86. The molecule has 3 heteroatoms. The second-order valence-corrected chi connectivity index (χ2v) is 5.92. The summed E-state index contributed by atoms with van der Waals surface area (Å²) in [5, 5.41) is 0. The van der Waals surface area contributed by atoms with E-state index in [1.165, 1.54) is 50.8 Å². The van der Waals surface area contributed by atoms with Crippen LogP contribution in [-0.4, -0.2) is 31.6 Å². The molecule has 1 aromatic rings. The van der Waals surface area contributed by atoms with Gasteiger partial charge in [0.25, 0.3) is 0 Å². The van der Waals surface area contributed by atoms with Gasteiger partial charge in [0.1, 0.15) is 5.75 Å². The summed E-state index contributed by atoms with van der Waals surface area (Å²) in [6.45, 7) is 5.40. The normalized spacial score (nSPS) is 19.1. The van der Waals surface area contributed by atoms with E-state index in [0.29, 0.717) is 0 Å². The van der Waals surface area contributed by atoms with E-state index in [9.17, 15) is 0 Å². The third-order valence-electron chi connectivity index (χ3n) is 4.19. The van der Waals surface area contributed by atoms with Crippen molar-refractivity contribution in [3.8, 4) is 5.75 Å². The average molecular weight is 276 g/mol. The predicted molar refractivity (Wildman–Crippen MR) is 84.2 cm³/mol. The van der Waals surface area contributed by atoms with Crippen molar-refractivity contribution in [3.05, 3.63) is 29.3 Å². The highest BCUT2D eigenvalue weighted by molar-refractivity contribution is 5.39. The Morgan fingerprint density at radius 2 is 1.80 bits per heavy atom. The molecule has 0 radical (unpaired) electrons. The smallest absolute Gasteiger partial charge is 0.123 e. The van der Waals surface area contributed by atoms with Crippen LogP contribution in [0.2, 0.25) is 0 Å². The van der Waals surface area contributed by atoms with Crippen LogP contribution >= 0.6 is 0 Å². The standard InChI is InChI=1S/C17H28N2O/c1-14-8-9-17(20-2)15(12-14)16(18)13-19-10-6-4-3-5-7-11-19/h8-9,12,16H,3-7,10-11,13,18H2,1-2H3. The van der Waals surface area contributed by atoms with Crippen molar-refractivity contribution < 1.29 is 4.74 Å². The van der Waals surface area contributed by atoms with Gasteiger partial charge < -0.3 is 15.4 Å². The lowest BCUT2D eigenvalue weighted by Crippen LogP contribution is -2.34. The van der Waals surface area contributed by atoms with Crippen LogP contribution in [0, 0.1) is 6.92 Å². The van der Waals surface area contributed by atoms with Crippen LogP contribution in [0.3, 0.4) is 0 Å². The van der Waals surface area contributed by atoms with Gasteiger partial charge in [0, 0.05) is 18.2 Å². The second-order valence-electron chi connectivity index (χ2n) is 5.92. The van der Waals surface area contributed by atoms with Crippen LogP contribution in [0.5, 0.6) is 5.75 Å². The van der Waals surface area contributed by atoms with E-state index in [0.717, 1.165) is 17.9 Å². The van der Waals surface area contributed by atoms with Gasteiger partial charge in [-0.15, -0.1) is 0 Å². The number of benzene rings is 1. The zero-order chi connectivity index (χ0) is 14.4. The Balaban J connectivity index is 2.02. The highest BCUT2D eigenvalue weighted by atomic mass is 16.5. The Morgan fingerprint density at radius 1 is 1.15 bits per heavy atom.